The second-order valence-electron chi connectivity index (χ2n) is 7.00. The number of likely N-dealkylation sites (tertiary alicyclic amines) is 1. The molecule has 2 aromatic carbocycles. The van der Waals surface area contributed by atoms with Gasteiger partial charge in [-0.1, -0.05) is 0 Å². The van der Waals surface area contributed by atoms with E-state index in [1.165, 1.54) is 18.9 Å². The summed E-state index contributed by atoms with van der Waals surface area (Å²) in [7, 11) is 0. The molecule has 1 saturated heterocycles. The molecule has 0 spiro atoms. The largest absolute Gasteiger partial charge is 0.340 e. The Bertz CT molecular complexity index is 992. The van der Waals surface area contributed by atoms with E-state index in [-0.39, 0.29) is 16.6 Å². The standard InChI is InChI=1S/C19H22N4O4/c24-22(25)14-4-6-18-16(12-14)17-13-15(23(26)27)5-7-19(17)21(18)11-3-10-20-8-1-2-9-20/h4-7,12-13,24-25H,1-3,8-11H2. The molecule has 1 fully saturated rings. The Hall–Kier alpha value is -2.68. The summed E-state index contributed by atoms with van der Waals surface area (Å²) in [5.41, 5.74) is 2.08. The first-order valence-electron chi connectivity index (χ1n) is 9.15. The Balaban J connectivity index is 1.76. The van der Waals surface area contributed by atoms with E-state index in [9.17, 15) is 20.5 Å². The third-order valence-electron chi connectivity index (χ3n) is 5.33. The molecule has 0 saturated carbocycles. The van der Waals surface area contributed by atoms with Crippen LogP contribution in [0.25, 0.3) is 21.8 Å². The lowest BCUT2D eigenvalue weighted by atomic mass is 10.1. The fourth-order valence-electron chi connectivity index (χ4n) is 4.02. The smallest absolute Gasteiger partial charge is 0.270 e. The second-order valence-corrected chi connectivity index (χ2v) is 7.00. The fourth-order valence-corrected chi connectivity index (χ4v) is 4.02. The Morgan fingerprint density at radius 2 is 1.67 bits per heavy atom. The molecule has 0 aliphatic carbocycles. The van der Waals surface area contributed by atoms with Crippen molar-refractivity contribution in [3.63, 3.8) is 0 Å². The number of benzene rings is 2. The average Bonchev–Trinajstić information content (AvgIpc) is 3.27. The zero-order valence-corrected chi connectivity index (χ0v) is 14.9. The molecule has 1 aliphatic rings. The van der Waals surface area contributed by atoms with Crippen LogP contribution in [-0.4, -0.2) is 44.4 Å². The molecular weight excluding hydrogens is 348 g/mol. The van der Waals surface area contributed by atoms with Gasteiger partial charge < -0.3 is 9.47 Å². The summed E-state index contributed by atoms with van der Waals surface area (Å²) in [6.45, 7) is 4.15. The second kappa shape index (κ2) is 7.15. The van der Waals surface area contributed by atoms with Gasteiger partial charge in [0.2, 0.25) is 0 Å². The fraction of sp³-hybridized carbons (Fsp3) is 0.368. The van der Waals surface area contributed by atoms with Crippen LogP contribution in [0.1, 0.15) is 19.3 Å². The van der Waals surface area contributed by atoms with E-state index in [4.69, 9.17) is 0 Å². The van der Waals surface area contributed by atoms with Crippen LogP contribution in [0.2, 0.25) is 0 Å². The van der Waals surface area contributed by atoms with Crippen molar-refractivity contribution in [3.8, 4) is 0 Å². The van der Waals surface area contributed by atoms with Crippen LogP contribution in [0, 0.1) is 10.1 Å². The van der Waals surface area contributed by atoms with Crippen LogP contribution in [0.5, 0.6) is 0 Å². The molecule has 2 N–H and O–H groups in total. The normalized spacial score (nSPS) is 15.0. The van der Waals surface area contributed by atoms with Gasteiger partial charge in [-0.05, 0) is 63.2 Å². The quantitative estimate of drug-likeness (QED) is 0.507. The van der Waals surface area contributed by atoms with E-state index in [2.05, 4.69) is 9.47 Å². The van der Waals surface area contributed by atoms with E-state index in [1.54, 1.807) is 24.3 Å². The SMILES string of the molecule is O=[N+]([O-])c1ccc2c(c1)c1cc(N(O)O)ccc1n2CCCN1CCCC1. The number of nitro groups is 1. The van der Waals surface area contributed by atoms with Gasteiger partial charge >= 0.3 is 0 Å². The molecule has 8 nitrogen and oxygen atoms in total. The molecule has 27 heavy (non-hydrogen) atoms. The highest BCUT2D eigenvalue weighted by Crippen LogP contribution is 2.34. The first-order valence-corrected chi connectivity index (χ1v) is 9.15. The lowest BCUT2D eigenvalue weighted by Crippen LogP contribution is -2.21. The van der Waals surface area contributed by atoms with Crippen LogP contribution < -0.4 is 5.23 Å². The van der Waals surface area contributed by atoms with Crippen LogP contribution >= 0.6 is 0 Å². The van der Waals surface area contributed by atoms with Gasteiger partial charge in [0, 0.05) is 40.5 Å². The number of aryl methyl sites for hydroxylation is 1. The number of nitrogens with zero attached hydrogens (tertiary/aromatic N) is 4. The molecule has 3 aromatic rings. The summed E-state index contributed by atoms with van der Waals surface area (Å²) in [6, 6.07) is 9.93. The molecule has 4 rings (SSSR count). The maximum Gasteiger partial charge on any atom is 0.270 e. The van der Waals surface area contributed by atoms with Crippen LogP contribution in [0.15, 0.2) is 36.4 Å². The molecule has 0 atom stereocenters. The zero-order chi connectivity index (χ0) is 19.0. The van der Waals surface area contributed by atoms with Crippen LogP contribution in [-0.2, 0) is 6.54 Å². The number of fused-ring (bicyclic) bond motifs is 3. The molecule has 1 aromatic heterocycles. The summed E-state index contributed by atoms with van der Waals surface area (Å²) < 4.78 is 2.16. The summed E-state index contributed by atoms with van der Waals surface area (Å²) in [6.07, 6.45) is 3.52. The maximum atomic E-state index is 11.2. The molecule has 8 heteroatoms. The monoisotopic (exact) mass is 370 g/mol. The first-order chi connectivity index (χ1) is 13.0. The van der Waals surface area contributed by atoms with Crippen molar-refractivity contribution in [1.29, 1.82) is 0 Å². The van der Waals surface area contributed by atoms with Gasteiger partial charge in [-0.3, -0.25) is 20.5 Å². The highest BCUT2D eigenvalue weighted by Gasteiger charge is 2.17. The van der Waals surface area contributed by atoms with Crippen LogP contribution in [0.3, 0.4) is 0 Å². The third kappa shape index (κ3) is 3.34. The molecule has 0 amide bonds. The van der Waals surface area contributed by atoms with Crippen molar-refractivity contribution in [1.82, 2.24) is 9.47 Å². The van der Waals surface area contributed by atoms with Crippen molar-refractivity contribution in [2.75, 3.05) is 24.9 Å². The van der Waals surface area contributed by atoms with E-state index < -0.39 is 4.92 Å². The third-order valence-corrected chi connectivity index (χ3v) is 5.33. The van der Waals surface area contributed by atoms with Crippen molar-refractivity contribution in [3.05, 3.63) is 46.5 Å². The maximum absolute atomic E-state index is 11.2. The minimum absolute atomic E-state index is 0.0221. The molecule has 2 heterocycles. The zero-order valence-electron chi connectivity index (χ0n) is 14.9. The van der Waals surface area contributed by atoms with E-state index >= 15 is 0 Å². The van der Waals surface area contributed by atoms with Gasteiger partial charge in [0.25, 0.3) is 5.69 Å². The van der Waals surface area contributed by atoms with Crippen molar-refractivity contribution < 1.29 is 15.3 Å². The predicted molar refractivity (Wildman–Crippen MR) is 102 cm³/mol. The van der Waals surface area contributed by atoms with Gasteiger partial charge in [-0.2, -0.15) is 0 Å². The summed E-state index contributed by atoms with van der Waals surface area (Å²) >= 11 is 0. The minimum Gasteiger partial charge on any atom is -0.340 e. The van der Waals surface area contributed by atoms with Crippen LogP contribution in [0.4, 0.5) is 11.4 Å². The summed E-state index contributed by atoms with van der Waals surface area (Å²) in [4.78, 5) is 13.2. The lowest BCUT2D eigenvalue weighted by Gasteiger charge is -2.15. The highest BCUT2D eigenvalue weighted by atomic mass is 16.8. The predicted octanol–water partition coefficient (Wildman–Crippen LogP) is 3.77. The van der Waals surface area contributed by atoms with E-state index in [1.807, 2.05) is 6.07 Å². The van der Waals surface area contributed by atoms with Gasteiger partial charge in [0.1, 0.15) is 0 Å². The van der Waals surface area contributed by atoms with Gasteiger partial charge in [-0.25, -0.2) is 0 Å². The average molecular weight is 370 g/mol. The Morgan fingerprint density at radius 3 is 2.33 bits per heavy atom. The number of aromatic nitrogens is 1. The van der Waals surface area contributed by atoms with Crippen molar-refractivity contribution in [2.45, 2.75) is 25.8 Å². The number of non-ortho nitro benzene ring substituents is 1. The molecular formula is C19H22N4O4. The molecule has 142 valence electrons. The van der Waals surface area contributed by atoms with E-state index in [0.29, 0.717) is 0 Å². The topological polar surface area (TPSA) is 95.0 Å². The molecule has 0 unspecified atom stereocenters. The number of hydrogen-bond donors (Lipinski definition) is 2. The highest BCUT2D eigenvalue weighted by molar-refractivity contribution is 6.09. The molecule has 1 aliphatic heterocycles. The Morgan fingerprint density at radius 1 is 1.00 bits per heavy atom. The number of rotatable bonds is 6. The van der Waals surface area contributed by atoms with Gasteiger partial charge in [-0.15, -0.1) is 5.23 Å². The van der Waals surface area contributed by atoms with Gasteiger partial charge in [0.05, 0.1) is 10.6 Å². The number of anilines is 1. The summed E-state index contributed by atoms with van der Waals surface area (Å²) in [5, 5.41) is 31.4. The molecule has 0 bridgehead atoms. The minimum atomic E-state index is -0.412. The number of hydrogen-bond acceptors (Lipinski definition) is 6. The van der Waals surface area contributed by atoms with E-state index in [0.717, 1.165) is 54.4 Å². The summed E-state index contributed by atoms with van der Waals surface area (Å²) in [5.74, 6) is 0. The van der Waals surface area contributed by atoms with Crippen molar-refractivity contribution in [2.24, 2.45) is 0 Å². The first kappa shape index (κ1) is 17.7. The van der Waals surface area contributed by atoms with Gasteiger partial charge in [0.15, 0.2) is 0 Å². The lowest BCUT2D eigenvalue weighted by molar-refractivity contribution is -0.384. The Labute approximate surface area is 155 Å². The van der Waals surface area contributed by atoms with Crippen molar-refractivity contribution >= 4 is 33.2 Å². The number of nitro benzene ring substituents is 1. The Kier molecular flexibility index (Phi) is 4.69. The molecule has 0 radical (unpaired) electrons.